The highest BCUT2D eigenvalue weighted by atomic mass is 16.5. The van der Waals surface area contributed by atoms with Crippen molar-refractivity contribution < 1.29 is 18.8 Å². The molecule has 2 amide bonds. The molecule has 7 nitrogen and oxygen atoms in total. The van der Waals surface area contributed by atoms with Crippen molar-refractivity contribution in [1.82, 2.24) is 5.16 Å². The molecular formula is C13H15N3O4. The molecule has 7 heteroatoms. The van der Waals surface area contributed by atoms with E-state index < -0.39 is 6.03 Å². The first-order valence-electron chi connectivity index (χ1n) is 5.85. The maximum atomic E-state index is 11.8. The van der Waals surface area contributed by atoms with E-state index in [1.54, 1.807) is 38.3 Å². The Bertz CT molecular complexity index is 609. The Hall–Kier alpha value is -2.70. The predicted molar refractivity (Wildman–Crippen MR) is 73.4 cm³/mol. The number of nitrogens with one attached hydrogen (secondary N) is 2. The molecule has 1 heterocycles. The van der Waals surface area contributed by atoms with E-state index in [4.69, 9.17) is 14.0 Å². The van der Waals surface area contributed by atoms with E-state index in [0.717, 1.165) is 0 Å². The number of methoxy groups -OCH3 is 2. The van der Waals surface area contributed by atoms with Crippen molar-refractivity contribution in [2.75, 3.05) is 24.9 Å². The number of carbonyl (C=O) groups excluding carboxylic acids is 1. The Morgan fingerprint density at radius 1 is 1.15 bits per heavy atom. The summed E-state index contributed by atoms with van der Waals surface area (Å²) < 4.78 is 15.1. The van der Waals surface area contributed by atoms with Gasteiger partial charge in [0.15, 0.2) is 17.3 Å². The van der Waals surface area contributed by atoms with Crippen molar-refractivity contribution in [1.29, 1.82) is 0 Å². The smallest absolute Gasteiger partial charge is 0.324 e. The van der Waals surface area contributed by atoms with E-state index in [2.05, 4.69) is 15.8 Å². The van der Waals surface area contributed by atoms with Crippen LogP contribution in [-0.4, -0.2) is 25.4 Å². The molecule has 2 aromatic rings. The fourth-order valence-electron chi connectivity index (χ4n) is 1.62. The summed E-state index contributed by atoms with van der Waals surface area (Å²) in [7, 11) is 3.07. The second-order valence-corrected chi connectivity index (χ2v) is 3.97. The number of hydrogen-bond donors (Lipinski definition) is 2. The van der Waals surface area contributed by atoms with Crippen molar-refractivity contribution >= 4 is 17.5 Å². The van der Waals surface area contributed by atoms with Crippen molar-refractivity contribution in [3.8, 4) is 11.5 Å². The average Bonchev–Trinajstić information content (AvgIpc) is 2.83. The Morgan fingerprint density at radius 3 is 2.50 bits per heavy atom. The van der Waals surface area contributed by atoms with Crippen molar-refractivity contribution in [3.05, 3.63) is 30.0 Å². The maximum absolute atomic E-state index is 11.8. The number of hydrogen-bond acceptors (Lipinski definition) is 5. The van der Waals surface area contributed by atoms with Crippen LogP contribution in [-0.2, 0) is 0 Å². The molecule has 20 heavy (non-hydrogen) atoms. The number of aromatic nitrogens is 1. The number of rotatable bonds is 4. The highest BCUT2D eigenvalue weighted by Crippen LogP contribution is 2.29. The molecule has 2 rings (SSSR count). The standard InChI is InChI=1S/C13H15N3O4/c1-8-6-12(16-20-8)15-13(17)14-9-4-5-10(18-2)11(7-9)19-3/h4-7H,1-3H3,(H2,14,15,16,17). The zero-order valence-electron chi connectivity index (χ0n) is 11.4. The van der Waals surface area contributed by atoms with Crippen molar-refractivity contribution in [3.63, 3.8) is 0 Å². The van der Waals surface area contributed by atoms with Gasteiger partial charge < -0.3 is 19.3 Å². The van der Waals surface area contributed by atoms with Gasteiger partial charge in [0.2, 0.25) is 0 Å². The molecule has 0 bridgehead atoms. The number of aryl methyl sites for hydroxylation is 1. The summed E-state index contributed by atoms with van der Waals surface area (Å²) in [6, 6.07) is 6.26. The number of ether oxygens (including phenoxy) is 2. The fraction of sp³-hybridized carbons (Fsp3) is 0.231. The predicted octanol–water partition coefficient (Wildman–Crippen LogP) is 2.64. The van der Waals surface area contributed by atoms with Gasteiger partial charge in [0, 0.05) is 17.8 Å². The lowest BCUT2D eigenvalue weighted by Crippen LogP contribution is -2.19. The van der Waals surface area contributed by atoms with Gasteiger partial charge in [-0.15, -0.1) is 0 Å². The Morgan fingerprint density at radius 2 is 1.90 bits per heavy atom. The summed E-state index contributed by atoms with van der Waals surface area (Å²) in [6.45, 7) is 1.74. The molecule has 1 aromatic carbocycles. The average molecular weight is 277 g/mol. The number of benzene rings is 1. The van der Waals surface area contributed by atoms with Crippen molar-refractivity contribution in [2.24, 2.45) is 0 Å². The Labute approximate surface area is 115 Å². The number of carbonyl (C=O) groups is 1. The molecule has 0 atom stereocenters. The van der Waals surface area contributed by atoms with Crippen LogP contribution in [0.2, 0.25) is 0 Å². The highest BCUT2D eigenvalue weighted by Gasteiger charge is 2.09. The number of urea groups is 1. The molecule has 1 aromatic heterocycles. The first-order chi connectivity index (χ1) is 9.62. The summed E-state index contributed by atoms with van der Waals surface area (Å²) in [6.07, 6.45) is 0. The van der Waals surface area contributed by atoms with E-state index in [9.17, 15) is 4.79 Å². The van der Waals surface area contributed by atoms with Crippen LogP contribution >= 0.6 is 0 Å². The fourth-order valence-corrected chi connectivity index (χ4v) is 1.62. The third-order valence-electron chi connectivity index (χ3n) is 2.51. The molecule has 0 aliphatic carbocycles. The molecule has 0 unspecified atom stereocenters. The molecule has 2 N–H and O–H groups in total. The molecule has 0 radical (unpaired) electrons. The molecule has 0 spiro atoms. The van der Waals surface area contributed by atoms with Crippen molar-refractivity contribution in [2.45, 2.75) is 6.92 Å². The van der Waals surface area contributed by atoms with Crippen LogP contribution in [0.4, 0.5) is 16.3 Å². The molecule has 0 saturated heterocycles. The molecule has 0 aliphatic heterocycles. The number of anilines is 2. The van der Waals surface area contributed by atoms with Gasteiger partial charge in [0.05, 0.1) is 14.2 Å². The normalized spacial score (nSPS) is 9.95. The van der Waals surface area contributed by atoms with Gasteiger partial charge in [-0.05, 0) is 19.1 Å². The number of amides is 2. The lowest BCUT2D eigenvalue weighted by atomic mass is 10.3. The summed E-state index contributed by atoms with van der Waals surface area (Å²) >= 11 is 0. The topological polar surface area (TPSA) is 85.6 Å². The van der Waals surface area contributed by atoms with Crippen LogP contribution in [0.25, 0.3) is 0 Å². The molecule has 106 valence electrons. The zero-order chi connectivity index (χ0) is 14.5. The minimum Gasteiger partial charge on any atom is -0.493 e. The van der Waals surface area contributed by atoms with E-state index in [-0.39, 0.29) is 0 Å². The minimum atomic E-state index is -0.425. The summed E-state index contributed by atoms with van der Waals surface area (Å²) in [5.41, 5.74) is 0.570. The lowest BCUT2D eigenvalue weighted by Gasteiger charge is -2.10. The Balaban J connectivity index is 2.04. The molecule has 0 fully saturated rings. The van der Waals surface area contributed by atoms with Crippen LogP contribution < -0.4 is 20.1 Å². The van der Waals surface area contributed by atoms with E-state index in [1.165, 1.54) is 7.11 Å². The minimum absolute atomic E-state index is 0.348. The van der Waals surface area contributed by atoms with Gasteiger partial charge in [0.25, 0.3) is 0 Å². The molecular weight excluding hydrogens is 262 g/mol. The largest absolute Gasteiger partial charge is 0.493 e. The van der Waals surface area contributed by atoms with Crippen LogP contribution in [0.3, 0.4) is 0 Å². The van der Waals surface area contributed by atoms with Gasteiger partial charge in [-0.1, -0.05) is 5.16 Å². The van der Waals surface area contributed by atoms with E-state index in [1.807, 2.05) is 0 Å². The third kappa shape index (κ3) is 3.19. The van der Waals surface area contributed by atoms with Gasteiger partial charge in [-0.25, -0.2) is 4.79 Å². The zero-order valence-corrected chi connectivity index (χ0v) is 11.4. The van der Waals surface area contributed by atoms with E-state index >= 15 is 0 Å². The number of nitrogens with zero attached hydrogens (tertiary/aromatic N) is 1. The SMILES string of the molecule is COc1ccc(NC(=O)Nc2cc(C)on2)cc1OC. The van der Waals surface area contributed by atoms with Crippen LogP contribution in [0.15, 0.2) is 28.8 Å². The first-order valence-corrected chi connectivity index (χ1v) is 5.85. The van der Waals surface area contributed by atoms with Crippen LogP contribution in [0.5, 0.6) is 11.5 Å². The van der Waals surface area contributed by atoms with Crippen LogP contribution in [0.1, 0.15) is 5.76 Å². The monoisotopic (exact) mass is 277 g/mol. The molecule has 0 saturated carbocycles. The lowest BCUT2D eigenvalue weighted by molar-refractivity contribution is 0.262. The van der Waals surface area contributed by atoms with Gasteiger partial charge in [-0.2, -0.15) is 0 Å². The third-order valence-corrected chi connectivity index (χ3v) is 2.51. The Kier molecular flexibility index (Phi) is 4.09. The highest BCUT2D eigenvalue weighted by molar-refractivity contribution is 5.99. The summed E-state index contributed by atoms with van der Waals surface area (Å²) in [4.78, 5) is 11.8. The molecule has 0 aliphatic rings. The maximum Gasteiger partial charge on any atom is 0.324 e. The quantitative estimate of drug-likeness (QED) is 0.897. The van der Waals surface area contributed by atoms with Crippen LogP contribution in [0, 0.1) is 6.92 Å². The summed E-state index contributed by atoms with van der Waals surface area (Å²) in [5.74, 6) is 2.08. The van der Waals surface area contributed by atoms with Gasteiger partial charge >= 0.3 is 6.03 Å². The first kappa shape index (κ1) is 13.7. The van der Waals surface area contributed by atoms with E-state index in [0.29, 0.717) is 28.8 Å². The van der Waals surface area contributed by atoms with Gasteiger partial charge in [-0.3, -0.25) is 5.32 Å². The summed E-state index contributed by atoms with van der Waals surface area (Å²) in [5, 5.41) is 8.88. The second-order valence-electron chi connectivity index (χ2n) is 3.97. The second kappa shape index (κ2) is 5.96. The van der Waals surface area contributed by atoms with Gasteiger partial charge in [0.1, 0.15) is 5.76 Å².